The summed E-state index contributed by atoms with van der Waals surface area (Å²) in [6.45, 7) is 11.0. The van der Waals surface area contributed by atoms with Crippen LogP contribution in [0.1, 0.15) is 31.3 Å². The number of piperazine rings is 1. The average molecular weight is 277 g/mol. The molecule has 1 aromatic rings. The van der Waals surface area contributed by atoms with Crippen molar-refractivity contribution >= 4 is 0 Å². The molecule has 1 saturated heterocycles. The summed E-state index contributed by atoms with van der Waals surface area (Å²) in [6.07, 6.45) is 2.92. The third-order valence-electron chi connectivity index (χ3n) is 4.32. The Bertz CT molecular complexity index is 406. The van der Waals surface area contributed by atoms with E-state index in [0.29, 0.717) is 0 Å². The van der Waals surface area contributed by atoms with E-state index >= 15 is 0 Å². The van der Waals surface area contributed by atoms with Crippen molar-refractivity contribution in [2.75, 3.05) is 39.3 Å². The van der Waals surface area contributed by atoms with Gasteiger partial charge in [-0.05, 0) is 37.4 Å². The molecule has 1 aliphatic carbocycles. The Hall–Kier alpha value is -0.840. The fraction of sp³-hybridized carbons (Fsp3) is 0.750. The highest BCUT2D eigenvalue weighted by Crippen LogP contribution is 2.30. The molecule has 0 spiro atoms. The first-order valence-corrected chi connectivity index (χ1v) is 8.06. The van der Waals surface area contributed by atoms with Gasteiger partial charge in [0.25, 0.3) is 0 Å². The minimum atomic E-state index is 0.839. The number of rotatable bonds is 7. The lowest BCUT2D eigenvalue weighted by Gasteiger charge is -2.34. The third kappa shape index (κ3) is 4.08. The lowest BCUT2D eigenvalue weighted by atomic mass is 10.2. The summed E-state index contributed by atoms with van der Waals surface area (Å²) in [5.74, 6) is 3.17. The van der Waals surface area contributed by atoms with Crippen LogP contribution in [0.25, 0.3) is 0 Å². The molecule has 2 aliphatic rings. The summed E-state index contributed by atoms with van der Waals surface area (Å²) in [6, 6.07) is 4.23. The van der Waals surface area contributed by atoms with Gasteiger partial charge in [-0.3, -0.25) is 4.90 Å². The Kier molecular flexibility index (Phi) is 4.76. The Morgan fingerprint density at radius 1 is 1.10 bits per heavy atom. The minimum absolute atomic E-state index is 0.839. The molecule has 4 heteroatoms. The first-order valence-electron chi connectivity index (χ1n) is 8.06. The fourth-order valence-corrected chi connectivity index (χ4v) is 2.87. The van der Waals surface area contributed by atoms with Gasteiger partial charge < -0.3 is 14.6 Å². The lowest BCUT2D eigenvalue weighted by Crippen LogP contribution is -2.46. The molecule has 2 fully saturated rings. The summed E-state index contributed by atoms with van der Waals surface area (Å²) in [5, 5.41) is 3.30. The van der Waals surface area contributed by atoms with Crippen molar-refractivity contribution in [2.45, 2.75) is 32.9 Å². The molecule has 112 valence electrons. The quantitative estimate of drug-likeness (QED) is 0.825. The Morgan fingerprint density at radius 3 is 2.50 bits per heavy atom. The molecular formula is C16H27N3O. The van der Waals surface area contributed by atoms with Gasteiger partial charge in [-0.15, -0.1) is 0 Å². The van der Waals surface area contributed by atoms with E-state index in [1.165, 1.54) is 45.6 Å². The van der Waals surface area contributed by atoms with Gasteiger partial charge in [-0.25, -0.2) is 0 Å². The van der Waals surface area contributed by atoms with Crippen LogP contribution in [0.2, 0.25) is 0 Å². The van der Waals surface area contributed by atoms with Crippen molar-refractivity contribution in [3.05, 3.63) is 23.7 Å². The maximum absolute atomic E-state index is 5.87. The third-order valence-corrected chi connectivity index (χ3v) is 4.32. The van der Waals surface area contributed by atoms with Gasteiger partial charge in [-0.2, -0.15) is 0 Å². The number of nitrogens with one attached hydrogen (secondary N) is 1. The van der Waals surface area contributed by atoms with Crippen molar-refractivity contribution in [3.8, 4) is 0 Å². The summed E-state index contributed by atoms with van der Waals surface area (Å²) in [5.41, 5.74) is 0. The average Bonchev–Trinajstić information content (AvgIpc) is 3.17. The van der Waals surface area contributed by atoms with Crippen molar-refractivity contribution in [1.29, 1.82) is 0 Å². The molecule has 1 aliphatic heterocycles. The van der Waals surface area contributed by atoms with E-state index in [1.54, 1.807) is 0 Å². The van der Waals surface area contributed by atoms with Gasteiger partial charge in [0.15, 0.2) is 0 Å². The van der Waals surface area contributed by atoms with E-state index in [9.17, 15) is 0 Å². The summed E-state index contributed by atoms with van der Waals surface area (Å²) >= 11 is 0. The molecule has 1 aromatic heterocycles. The van der Waals surface area contributed by atoms with E-state index < -0.39 is 0 Å². The molecule has 0 amide bonds. The van der Waals surface area contributed by atoms with E-state index in [-0.39, 0.29) is 0 Å². The molecule has 0 radical (unpaired) electrons. The van der Waals surface area contributed by atoms with E-state index in [1.807, 2.05) is 0 Å². The Morgan fingerprint density at radius 2 is 1.80 bits per heavy atom. The van der Waals surface area contributed by atoms with Crippen molar-refractivity contribution in [2.24, 2.45) is 5.92 Å². The van der Waals surface area contributed by atoms with Gasteiger partial charge >= 0.3 is 0 Å². The van der Waals surface area contributed by atoms with Gasteiger partial charge in [0.05, 0.1) is 13.1 Å². The van der Waals surface area contributed by atoms with Crippen LogP contribution in [0, 0.1) is 5.92 Å². The maximum Gasteiger partial charge on any atom is 0.118 e. The van der Waals surface area contributed by atoms with Crippen LogP contribution in [0.4, 0.5) is 0 Å². The topological polar surface area (TPSA) is 31.6 Å². The van der Waals surface area contributed by atoms with Gasteiger partial charge in [0.1, 0.15) is 11.5 Å². The first-order chi connectivity index (χ1) is 9.83. The molecule has 20 heavy (non-hydrogen) atoms. The first kappa shape index (κ1) is 14.1. The van der Waals surface area contributed by atoms with E-state index in [4.69, 9.17) is 4.42 Å². The normalized spacial score (nSPS) is 21.4. The van der Waals surface area contributed by atoms with Gasteiger partial charge in [0, 0.05) is 32.7 Å². The second-order valence-electron chi connectivity index (χ2n) is 6.17. The predicted molar refractivity (Wildman–Crippen MR) is 80.5 cm³/mol. The van der Waals surface area contributed by atoms with Crippen LogP contribution >= 0.6 is 0 Å². The summed E-state index contributed by atoms with van der Waals surface area (Å²) in [7, 11) is 0. The van der Waals surface area contributed by atoms with Crippen molar-refractivity contribution in [1.82, 2.24) is 15.1 Å². The molecule has 3 rings (SSSR count). The minimum Gasteiger partial charge on any atom is -0.463 e. The van der Waals surface area contributed by atoms with Crippen LogP contribution in [-0.2, 0) is 13.1 Å². The lowest BCUT2D eigenvalue weighted by molar-refractivity contribution is 0.117. The smallest absolute Gasteiger partial charge is 0.118 e. The Labute approximate surface area is 122 Å². The molecule has 1 N–H and O–H groups in total. The molecule has 4 nitrogen and oxygen atoms in total. The van der Waals surface area contributed by atoms with Crippen molar-refractivity contribution in [3.63, 3.8) is 0 Å². The monoisotopic (exact) mass is 277 g/mol. The van der Waals surface area contributed by atoms with Crippen LogP contribution in [-0.4, -0.2) is 49.1 Å². The molecule has 0 bridgehead atoms. The summed E-state index contributed by atoms with van der Waals surface area (Å²) in [4.78, 5) is 5.15. The molecule has 0 unspecified atom stereocenters. The second-order valence-corrected chi connectivity index (χ2v) is 6.17. The largest absolute Gasteiger partial charge is 0.463 e. The van der Waals surface area contributed by atoms with Crippen molar-refractivity contribution < 1.29 is 4.42 Å². The second kappa shape index (κ2) is 6.74. The molecule has 0 aromatic carbocycles. The van der Waals surface area contributed by atoms with Gasteiger partial charge in [0.2, 0.25) is 0 Å². The molecule has 1 saturated carbocycles. The van der Waals surface area contributed by atoms with Crippen LogP contribution < -0.4 is 5.32 Å². The SMILES string of the molecule is CCNCc1ccc(CN2CCN(CC3CC3)CC2)o1. The van der Waals surface area contributed by atoms with Crippen LogP contribution in [0.5, 0.6) is 0 Å². The zero-order chi connectivity index (χ0) is 13.8. The highest BCUT2D eigenvalue weighted by Gasteiger charge is 2.26. The van der Waals surface area contributed by atoms with E-state index in [0.717, 1.165) is 37.1 Å². The van der Waals surface area contributed by atoms with Crippen LogP contribution in [0.3, 0.4) is 0 Å². The Balaban J connectivity index is 1.40. The fourth-order valence-electron chi connectivity index (χ4n) is 2.87. The van der Waals surface area contributed by atoms with E-state index in [2.05, 4.69) is 34.2 Å². The molecule has 0 atom stereocenters. The number of hydrogen-bond acceptors (Lipinski definition) is 4. The van der Waals surface area contributed by atoms with Crippen LogP contribution in [0.15, 0.2) is 16.5 Å². The number of nitrogens with zero attached hydrogens (tertiary/aromatic N) is 2. The predicted octanol–water partition coefficient (Wildman–Crippen LogP) is 1.92. The molecular weight excluding hydrogens is 250 g/mol. The number of hydrogen-bond donors (Lipinski definition) is 1. The standard InChI is InChI=1S/C16H27N3O/c1-2-17-11-15-5-6-16(20-15)13-19-9-7-18(8-10-19)12-14-3-4-14/h5-6,14,17H,2-4,7-13H2,1H3. The maximum atomic E-state index is 5.87. The molecule has 2 heterocycles. The zero-order valence-corrected chi connectivity index (χ0v) is 12.6. The highest BCUT2D eigenvalue weighted by atomic mass is 16.3. The summed E-state index contributed by atoms with van der Waals surface area (Å²) < 4.78 is 5.87. The van der Waals surface area contributed by atoms with Gasteiger partial charge in [-0.1, -0.05) is 6.92 Å². The zero-order valence-electron chi connectivity index (χ0n) is 12.6. The number of furan rings is 1. The highest BCUT2D eigenvalue weighted by molar-refractivity contribution is 5.07.